The highest BCUT2D eigenvalue weighted by atomic mass is 16.4. The molecule has 0 aliphatic carbocycles. The third-order valence-corrected chi connectivity index (χ3v) is 3.92. The molecular weight excluding hydrogens is 264 g/mol. The first kappa shape index (κ1) is 12.4. The number of imidazole rings is 1. The number of aromatic nitrogens is 3. The Morgan fingerprint density at radius 2 is 2.24 bits per heavy atom. The molecule has 0 atom stereocenters. The summed E-state index contributed by atoms with van der Waals surface area (Å²) in [7, 11) is 0. The number of fused-ring (bicyclic) bond motifs is 2. The third kappa shape index (κ3) is 2.18. The van der Waals surface area contributed by atoms with Crippen LogP contribution in [0.2, 0.25) is 0 Å². The van der Waals surface area contributed by atoms with Gasteiger partial charge in [-0.3, -0.25) is 0 Å². The van der Waals surface area contributed by atoms with E-state index in [9.17, 15) is 0 Å². The molecule has 1 aromatic carbocycles. The van der Waals surface area contributed by atoms with Gasteiger partial charge in [-0.2, -0.15) is 4.98 Å². The quantitative estimate of drug-likeness (QED) is 0.799. The standard InChI is InChI=1S/C16H18N4O/c1-2-17-16-19-12-9-11(6-7-14(12)21-16)13-10-20-8-4-3-5-15(20)18-13/h6-7,9-10H,2-5,8H2,1H3,(H,17,19). The second-order valence-corrected chi connectivity index (χ2v) is 5.42. The van der Waals surface area contributed by atoms with Gasteiger partial charge in [0.1, 0.15) is 11.3 Å². The summed E-state index contributed by atoms with van der Waals surface area (Å²) in [6.07, 6.45) is 5.72. The van der Waals surface area contributed by atoms with E-state index >= 15 is 0 Å². The molecule has 0 radical (unpaired) electrons. The molecule has 0 saturated carbocycles. The summed E-state index contributed by atoms with van der Waals surface area (Å²) in [4.78, 5) is 9.22. The van der Waals surface area contributed by atoms with Crippen LogP contribution in [0.4, 0.5) is 6.01 Å². The second kappa shape index (κ2) is 4.91. The van der Waals surface area contributed by atoms with E-state index in [0.717, 1.165) is 41.9 Å². The minimum absolute atomic E-state index is 0.578. The van der Waals surface area contributed by atoms with Gasteiger partial charge < -0.3 is 14.3 Å². The fraction of sp³-hybridized carbons (Fsp3) is 0.375. The number of nitrogens with one attached hydrogen (secondary N) is 1. The smallest absolute Gasteiger partial charge is 0.295 e. The molecule has 3 aromatic rings. The maximum Gasteiger partial charge on any atom is 0.295 e. The Hall–Kier alpha value is -2.30. The van der Waals surface area contributed by atoms with E-state index < -0.39 is 0 Å². The highest BCUT2D eigenvalue weighted by Crippen LogP contribution is 2.27. The van der Waals surface area contributed by atoms with E-state index in [4.69, 9.17) is 9.40 Å². The molecule has 108 valence electrons. The Kier molecular flexibility index (Phi) is 2.91. The summed E-state index contributed by atoms with van der Waals surface area (Å²) in [6.45, 7) is 3.91. The van der Waals surface area contributed by atoms with Crippen LogP contribution >= 0.6 is 0 Å². The Balaban J connectivity index is 1.74. The summed E-state index contributed by atoms with van der Waals surface area (Å²) in [5.74, 6) is 1.20. The predicted octanol–water partition coefficient (Wildman–Crippen LogP) is 3.46. The highest BCUT2D eigenvalue weighted by Gasteiger charge is 2.14. The van der Waals surface area contributed by atoms with Crippen molar-refractivity contribution in [1.82, 2.24) is 14.5 Å². The zero-order valence-electron chi connectivity index (χ0n) is 12.1. The molecule has 1 aliphatic heterocycles. The van der Waals surface area contributed by atoms with Crippen LogP contribution in [-0.4, -0.2) is 21.1 Å². The number of oxazole rings is 1. The van der Waals surface area contributed by atoms with Crippen molar-refractivity contribution in [3.05, 3.63) is 30.2 Å². The Morgan fingerprint density at radius 1 is 1.29 bits per heavy atom. The van der Waals surface area contributed by atoms with Crippen molar-refractivity contribution < 1.29 is 4.42 Å². The van der Waals surface area contributed by atoms with E-state index in [1.54, 1.807) is 0 Å². The first-order chi connectivity index (χ1) is 10.3. The molecule has 0 spiro atoms. The summed E-state index contributed by atoms with van der Waals surface area (Å²) < 4.78 is 7.91. The van der Waals surface area contributed by atoms with E-state index in [2.05, 4.69) is 27.1 Å². The lowest BCUT2D eigenvalue weighted by Gasteiger charge is -2.11. The zero-order chi connectivity index (χ0) is 14.2. The van der Waals surface area contributed by atoms with Crippen LogP contribution in [0.15, 0.2) is 28.8 Å². The number of nitrogens with zero attached hydrogens (tertiary/aromatic N) is 3. The van der Waals surface area contributed by atoms with Gasteiger partial charge in [-0.15, -0.1) is 0 Å². The van der Waals surface area contributed by atoms with Gasteiger partial charge in [-0.05, 0) is 38.0 Å². The van der Waals surface area contributed by atoms with Gasteiger partial charge in [-0.25, -0.2) is 4.98 Å². The molecule has 4 rings (SSSR count). The van der Waals surface area contributed by atoms with Crippen molar-refractivity contribution in [1.29, 1.82) is 0 Å². The van der Waals surface area contributed by atoms with Gasteiger partial charge in [0.2, 0.25) is 0 Å². The van der Waals surface area contributed by atoms with Crippen molar-refractivity contribution in [2.24, 2.45) is 0 Å². The Bertz CT molecular complexity index is 763. The average Bonchev–Trinajstić information content (AvgIpc) is 3.09. The molecular formula is C16H18N4O. The lowest BCUT2D eigenvalue weighted by molar-refractivity contribution is 0.522. The van der Waals surface area contributed by atoms with Crippen molar-refractivity contribution in [3.8, 4) is 11.3 Å². The van der Waals surface area contributed by atoms with Crippen LogP contribution in [0.5, 0.6) is 0 Å². The third-order valence-electron chi connectivity index (χ3n) is 3.92. The van der Waals surface area contributed by atoms with E-state index in [-0.39, 0.29) is 0 Å². The fourth-order valence-electron chi connectivity index (χ4n) is 2.87. The number of hydrogen-bond acceptors (Lipinski definition) is 4. The van der Waals surface area contributed by atoms with Gasteiger partial charge in [0.25, 0.3) is 6.01 Å². The molecule has 21 heavy (non-hydrogen) atoms. The summed E-state index contributed by atoms with van der Waals surface area (Å²) in [5, 5.41) is 3.10. The summed E-state index contributed by atoms with van der Waals surface area (Å²) in [5.41, 5.74) is 3.80. The first-order valence-corrected chi connectivity index (χ1v) is 7.54. The Morgan fingerprint density at radius 3 is 3.10 bits per heavy atom. The van der Waals surface area contributed by atoms with Crippen LogP contribution in [0.25, 0.3) is 22.4 Å². The van der Waals surface area contributed by atoms with Crippen LogP contribution < -0.4 is 5.32 Å². The van der Waals surface area contributed by atoms with E-state index in [1.165, 1.54) is 18.7 Å². The molecule has 2 aromatic heterocycles. The average molecular weight is 282 g/mol. The summed E-state index contributed by atoms with van der Waals surface area (Å²) >= 11 is 0. The molecule has 5 heteroatoms. The zero-order valence-corrected chi connectivity index (χ0v) is 12.1. The normalized spacial score (nSPS) is 14.3. The van der Waals surface area contributed by atoms with Crippen LogP contribution in [-0.2, 0) is 13.0 Å². The molecule has 0 unspecified atom stereocenters. The monoisotopic (exact) mass is 282 g/mol. The van der Waals surface area contributed by atoms with Crippen molar-refractivity contribution in [2.45, 2.75) is 32.7 Å². The minimum atomic E-state index is 0.578. The summed E-state index contributed by atoms with van der Waals surface area (Å²) in [6, 6.07) is 6.65. The van der Waals surface area contributed by atoms with Gasteiger partial charge >= 0.3 is 0 Å². The van der Waals surface area contributed by atoms with Gasteiger partial charge in [0.05, 0.1) is 5.69 Å². The number of benzene rings is 1. The largest absolute Gasteiger partial charge is 0.424 e. The number of hydrogen-bond donors (Lipinski definition) is 1. The minimum Gasteiger partial charge on any atom is -0.424 e. The van der Waals surface area contributed by atoms with Crippen LogP contribution in [0, 0.1) is 0 Å². The molecule has 1 N–H and O–H groups in total. The van der Waals surface area contributed by atoms with Gasteiger partial charge in [-0.1, -0.05) is 0 Å². The number of rotatable bonds is 3. The first-order valence-electron chi connectivity index (χ1n) is 7.54. The lowest BCUT2D eigenvalue weighted by atomic mass is 10.1. The number of anilines is 1. The molecule has 0 saturated heterocycles. The lowest BCUT2D eigenvalue weighted by Crippen LogP contribution is -2.08. The van der Waals surface area contributed by atoms with Crippen molar-refractivity contribution in [2.75, 3.05) is 11.9 Å². The van der Waals surface area contributed by atoms with Crippen molar-refractivity contribution >= 4 is 17.1 Å². The molecule has 1 aliphatic rings. The fourth-order valence-corrected chi connectivity index (χ4v) is 2.87. The van der Waals surface area contributed by atoms with Gasteiger partial charge in [0.15, 0.2) is 5.58 Å². The molecule has 0 fully saturated rings. The molecule has 3 heterocycles. The highest BCUT2D eigenvalue weighted by molar-refractivity contribution is 5.80. The SMILES string of the molecule is CCNc1nc2cc(-c3cn4c(n3)CCCC4)ccc2o1. The predicted molar refractivity (Wildman–Crippen MR) is 82.3 cm³/mol. The maximum absolute atomic E-state index is 5.63. The second-order valence-electron chi connectivity index (χ2n) is 5.42. The van der Waals surface area contributed by atoms with Crippen LogP contribution in [0.3, 0.4) is 0 Å². The topological polar surface area (TPSA) is 55.9 Å². The molecule has 0 bridgehead atoms. The molecule has 0 amide bonds. The van der Waals surface area contributed by atoms with Crippen LogP contribution in [0.1, 0.15) is 25.6 Å². The van der Waals surface area contributed by atoms with Crippen molar-refractivity contribution in [3.63, 3.8) is 0 Å². The van der Waals surface area contributed by atoms with E-state index in [0.29, 0.717) is 6.01 Å². The van der Waals surface area contributed by atoms with Gasteiger partial charge in [0, 0.05) is 31.3 Å². The Labute approximate surface area is 123 Å². The van der Waals surface area contributed by atoms with E-state index in [1.807, 2.05) is 19.1 Å². The maximum atomic E-state index is 5.63. The number of aryl methyl sites for hydroxylation is 2. The molecule has 5 nitrogen and oxygen atoms in total.